The number of amides is 1. The predicted octanol–water partition coefficient (Wildman–Crippen LogP) is 4.06. The Bertz CT molecular complexity index is 874. The van der Waals surface area contributed by atoms with Crippen molar-refractivity contribution in [3.63, 3.8) is 0 Å². The maximum absolute atomic E-state index is 12.3. The van der Waals surface area contributed by atoms with Crippen LogP contribution in [0.1, 0.15) is 21.9 Å². The Hall–Kier alpha value is -2.79. The van der Waals surface area contributed by atoms with Gasteiger partial charge in [0.25, 0.3) is 5.91 Å². The van der Waals surface area contributed by atoms with E-state index in [-0.39, 0.29) is 5.91 Å². The number of anilines is 1. The highest BCUT2D eigenvalue weighted by Gasteiger charge is 2.10. The van der Waals surface area contributed by atoms with Crippen LogP contribution < -0.4 is 5.32 Å². The van der Waals surface area contributed by atoms with E-state index in [1.165, 1.54) is 0 Å². The summed E-state index contributed by atoms with van der Waals surface area (Å²) in [6.45, 7) is 3.64. The van der Waals surface area contributed by atoms with Crippen molar-refractivity contribution in [3.8, 4) is 11.3 Å². The number of nitrogens with one attached hydrogen (secondary N) is 1. The fourth-order valence-electron chi connectivity index (χ4n) is 2.35. The molecule has 24 heavy (non-hydrogen) atoms. The van der Waals surface area contributed by atoms with Gasteiger partial charge < -0.3 is 5.32 Å². The van der Waals surface area contributed by atoms with Gasteiger partial charge in [0.05, 0.1) is 10.7 Å². The summed E-state index contributed by atoms with van der Waals surface area (Å²) in [6.07, 6.45) is 1.68. The second-order valence-corrected chi connectivity index (χ2v) is 5.71. The molecule has 0 aliphatic carbocycles. The van der Waals surface area contributed by atoms with Gasteiger partial charge in [-0.2, -0.15) is 0 Å². The van der Waals surface area contributed by atoms with Gasteiger partial charge in [0.2, 0.25) is 0 Å². The van der Waals surface area contributed by atoms with Gasteiger partial charge >= 0.3 is 0 Å². The highest BCUT2D eigenvalue weighted by Crippen LogP contribution is 2.25. The summed E-state index contributed by atoms with van der Waals surface area (Å²) in [6, 6.07) is 12.4. The van der Waals surface area contributed by atoms with Gasteiger partial charge in [-0.1, -0.05) is 23.7 Å². The Labute approximate surface area is 144 Å². The summed E-state index contributed by atoms with van der Waals surface area (Å²) in [5, 5.41) is 3.35. The molecule has 2 heterocycles. The molecule has 1 aromatic carbocycles. The van der Waals surface area contributed by atoms with E-state index in [9.17, 15) is 4.79 Å². The minimum atomic E-state index is -0.230. The molecule has 5 nitrogen and oxygen atoms in total. The fourth-order valence-corrected chi connectivity index (χ4v) is 2.58. The van der Waals surface area contributed by atoms with Crippen molar-refractivity contribution in [3.05, 3.63) is 70.8 Å². The zero-order valence-corrected chi connectivity index (χ0v) is 14.0. The molecule has 3 rings (SSSR count). The Morgan fingerprint density at radius 1 is 1.08 bits per heavy atom. The number of aryl methyl sites for hydroxylation is 2. The van der Waals surface area contributed by atoms with E-state index in [0.717, 1.165) is 11.3 Å². The molecular weight excluding hydrogens is 324 g/mol. The van der Waals surface area contributed by atoms with Gasteiger partial charge in [-0.05, 0) is 38.1 Å². The standard InChI is InChI=1S/C18H15ClN4O/c1-11-10-16(22-12(2)21-11)23-18(24)14-7-5-13(6-8-14)17-15(19)4-3-9-20-17/h3-10H,1-2H3,(H,21,22,23,24). The SMILES string of the molecule is Cc1cc(NC(=O)c2ccc(-c3ncccc3Cl)cc2)nc(C)n1. The third-order valence-corrected chi connectivity index (χ3v) is 3.69. The van der Waals surface area contributed by atoms with Crippen LogP contribution >= 0.6 is 11.6 Å². The summed E-state index contributed by atoms with van der Waals surface area (Å²) >= 11 is 6.14. The first-order chi connectivity index (χ1) is 11.5. The van der Waals surface area contributed by atoms with E-state index in [4.69, 9.17) is 11.6 Å². The van der Waals surface area contributed by atoms with Gasteiger partial charge in [-0.25, -0.2) is 9.97 Å². The first kappa shape index (κ1) is 16.1. The Kier molecular flexibility index (Phi) is 4.53. The summed E-state index contributed by atoms with van der Waals surface area (Å²) in [7, 11) is 0. The average molecular weight is 339 g/mol. The number of halogens is 1. The van der Waals surface area contributed by atoms with Crippen LogP contribution in [0.4, 0.5) is 5.82 Å². The van der Waals surface area contributed by atoms with Crippen LogP contribution in [-0.4, -0.2) is 20.9 Å². The zero-order valence-electron chi connectivity index (χ0n) is 13.2. The normalized spacial score (nSPS) is 10.5. The van der Waals surface area contributed by atoms with Crippen molar-refractivity contribution < 1.29 is 4.79 Å². The molecule has 1 amide bonds. The second kappa shape index (κ2) is 6.76. The molecule has 0 radical (unpaired) electrons. The lowest BCUT2D eigenvalue weighted by Crippen LogP contribution is -2.13. The molecular formula is C18H15ClN4O. The van der Waals surface area contributed by atoms with E-state index in [2.05, 4.69) is 20.3 Å². The molecule has 0 unspecified atom stereocenters. The quantitative estimate of drug-likeness (QED) is 0.782. The van der Waals surface area contributed by atoms with Crippen LogP contribution in [-0.2, 0) is 0 Å². The maximum Gasteiger partial charge on any atom is 0.256 e. The molecule has 2 aromatic heterocycles. The molecule has 3 aromatic rings. The average Bonchev–Trinajstić information content (AvgIpc) is 2.54. The molecule has 120 valence electrons. The Morgan fingerprint density at radius 2 is 1.83 bits per heavy atom. The molecule has 0 aliphatic rings. The van der Waals surface area contributed by atoms with Gasteiger partial charge in [0, 0.05) is 29.1 Å². The first-order valence-electron chi connectivity index (χ1n) is 7.37. The fraction of sp³-hybridized carbons (Fsp3) is 0.111. The number of hydrogen-bond donors (Lipinski definition) is 1. The third kappa shape index (κ3) is 3.58. The topological polar surface area (TPSA) is 67.8 Å². The number of nitrogens with zero attached hydrogens (tertiary/aromatic N) is 3. The summed E-state index contributed by atoms with van der Waals surface area (Å²) in [4.78, 5) is 25.0. The van der Waals surface area contributed by atoms with Crippen LogP contribution in [0.3, 0.4) is 0 Å². The van der Waals surface area contributed by atoms with Crippen molar-refractivity contribution >= 4 is 23.3 Å². The number of benzene rings is 1. The van der Waals surface area contributed by atoms with Gasteiger partial charge in [-0.15, -0.1) is 0 Å². The summed E-state index contributed by atoms with van der Waals surface area (Å²) < 4.78 is 0. The number of rotatable bonds is 3. The van der Waals surface area contributed by atoms with Crippen LogP contribution in [0, 0.1) is 13.8 Å². The van der Waals surface area contributed by atoms with Gasteiger partial charge in [0.1, 0.15) is 11.6 Å². The lowest BCUT2D eigenvalue weighted by Gasteiger charge is -2.07. The molecule has 0 bridgehead atoms. The predicted molar refractivity (Wildman–Crippen MR) is 94.1 cm³/mol. The maximum atomic E-state index is 12.3. The second-order valence-electron chi connectivity index (χ2n) is 5.31. The smallest absolute Gasteiger partial charge is 0.256 e. The van der Waals surface area contributed by atoms with Crippen molar-refractivity contribution in [1.29, 1.82) is 0 Å². The summed E-state index contributed by atoms with van der Waals surface area (Å²) in [5.41, 5.74) is 2.87. The van der Waals surface area contributed by atoms with E-state index in [1.54, 1.807) is 43.5 Å². The molecule has 6 heteroatoms. The number of hydrogen-bond acceptors (Lipinski definition) is 4. The van der Waals surface area contributed by atoms with E-state index in [1.807, 2.05) is 19.1 Å². The molecule has 0 spiro atoms. The Morgan fingerprint density at radius 3 is 2.50 bits per heavy atom. The lowest BCUT2D eigenvalue weighted by atomic mass is 10.1. The van der Waals surface area contributed by atoms with Crippen LogP contribution in [0.5, 0.6) is 0 Å². The molecule has 1 N–H and O–H groups in total. The Balaban J connectivity index is 1.80. The number of carbonyl (C=O) groups excluding carboxylic acids is 1. The van der Waals surface area contributed by atoms with Crippen LogP contribution in [0.15, 0.2) is 48.7 Å². The number of carbonyl (C=O) groups is 1. The number of pyridine rings is 1. The van der Waals surface area contributed by atoms with E-state index < -0.39 is 0 Å². The lowest BCUT2D eigenvalue weighted by molar-refractivity contribution is 0.102. The first-order valence-corrected chi connectivity index (χ1v) is 7.75. The molecule has 0 saturated heterocycles. The van der Waals surface area contributed by atoms with Crippen molar-refractivity contribution in [2.75, 3.05) is 5.32 Å². The molecule has 0 saturated carbocycles. The highest BCUT2D eigenvalue weighted by atomic mass is 35.5. The molecule has 0 fully saturated rings. The minimum Gasteiger partial charge on any atom is -0.306 e. The van der Waals surface area contributed by atoms with Gasteiger partial charge in [-0.3, -0.25) is 9.78 Å². The highest BCUT2D eigenvalue weighted by molar-refractivity contribution is 6.33. The van der Waals surface area contributed by atoms with Crippen molar-refractivity contribution in [2.45, 2.75) is 13.8 Å². The zero-order chi connectivity index (χ0) is 17.1. The molecule has 0 aliphatic heterocycles. The largest absolute Gasteiger partial charge is 0.306 e. The van der Waals surface area contributed by atoms with E-state index >= 15 is 0 Å². The van der Waals surface area contributed by atoms with E-state index in [0.29, 0.717) is 27.9 Å². The van der Waals surface area contributed by atoms with Crippen molar-refractivity contribution in [1.82, 2.24) is 15.0 Å². The minimum absolute atomic E-state index is 0.230. The monoisotopic (exact) mass is 338 g/mol. The molecule has 0 atom stereocenters. The third-order valence-electron chi connectivity index (χ3n) is 3.39. The van der Waals surface area contributed by atoms with Crippen LogP contribution in [0.25, 0.3) is 11.3 Å². The van der Waals surface area contributed by atoms with Crippen molar-refractivity contribution in [2.24, 2.45) is 0 Å². The van der Waals surface area contributed by atoms with Crippen LogP contribution in [0.2, 0.25) is 5.02 Å². The summed E-state index contributed by atoms with van der Waals surface area (Å²) in [5.74, 6) is 0.874. The van der Waals surface area contributed by atoms with Gasteiger partial charge in [0.15, 0.2) is 0 Å². The number of aromatic nitrogens is 3.